The van der Waals surface area contributed by atoms with Crippen LogP contribution in [0.5, 0.6) is 0 Å². The molecule has 3 rings (SSSR count). The number of carbonyl (C=O) groups is 1. The standard InChI is InChI=1S/C13H11N3O2S/c1-7-6-15-13(19-7)16-12(17)11-5-8-4-9(14)2-3-10(8)18-11/h2-6H,14H2,1H3,(H,15,16,17). The normalized spacial score (nSPS) is 10.8. The van der Waals surface area contributed by atoms with Gasteiger partial charge in [-0.3, -0.25) is 10.1 Å². The number of aryl methyl sites for hydroxylation is 1. The quantitative estimate of drug-likeness (QED) is 0.703. The van der Waals surface area contributed by atoms with Gasteiger partial charge in [0, 0.05) is 22.1 Å². The number of benzene rings is 1. The molecule has 0 saturated heterocycles. The number of fused-ring (bicyclic) bond motifs is 1. The van der Waals surface area contributed by atoms with Crippen LogP contribution in [0.4, 0.5) is 10.8 Å². The molecule has 5 nitrogen and oxygen atoms in total. The minimum atomic E-state index is -0.316. The van der Waals surface area contributed by atoms with Gasteiger partial charge >= 0.3 is 0 Å². The van der Waals surface area contributed by atoms with Gasteiger partial charge in [0.2, 0.25) is 0 Å². The Morgan fingerprint density at radius 1 is 1.42 bits per heavy atom. The molecule has 0 aliphatic carbocycles. The number of amides is 1. The van der Waals surface area contributed by atoms with Crippen LogP contribution < -0.4 is 11.1 Å². The Kier molecular flexibility index (Phi) is 2.72. The number of hydrogen-bond donors (Lipinski definition) is 2. The fraction of sp³-hybridized carbons (Fsp3) is 0.0769. The van der Waals surface area contributed by atoms with Crippen molar-refractivity contribution in [3.8, 4) is 0 Å². The summed E-state index contributed by atoms with van der Waals surface area (Å²) in [6.45, 7) is 1.93. The van der Waals surface area contributed by atoms with E-state index in [2.05, 4.69) is 10.3 Å². The SMILES string of the molecule is Cc1cnc(NC(=O)c2cc3cc(N)ccc3o2)s1. The van der Waals surface area contributed by atoms with Crippen molar-refractivity contribution < 1.29 is 9.21 Å². The maximum Gasteiger partial charge on any atom is 0.293 e. The molecule has 2 aromatic heterocycles. The molecule has 19 heavy (non-hydrogen) atoms. The Bertz CT molecular complexity index is 760. The summed E-state index contributed by atoms with van der Waals surface area (Å²) in [4.78, 5) is 17.1. The molecule has 1 aromatic carbocycles. The smallest absolute Gasteiger partial charge is 0.293 e. The topological polar surface area (TPSA) is 81.2 Å². The first-order chi connectivity index (χ1) is 9.11. The van der Waals surface area contributed by atoms with Gasteiger partial charge in [-0.15, -0.1) is 11.3 Å². The largest absolute Gasteiger partial charge is 0.451 e. The molecular weight excluding hydrogens is 262 g/mol. The monoisotopic (exact) mass is 273 g/mol. The Balaban J connectivity index is 1.89. The van der Waals surface area contributed by atoms with Crippen molar-refractivity contribution in [3.05, 3.63) is 41.1 Å². The molecule has 2 heterocycles. The zero-order chi connectivity index (χ0) is 13.4. The van der Waals surface area contributed by atoms with E-state index in [0.29, 0.717) is 16.4 Å². The lowest BCUT2D eigenvalue weighted by Crippen LogP contribution is -2.10. The summed E-state index contributed by atoms with van der Waals surface area (Å²) >= 11 is 1.42. The van der Waals surface area contributed by atoms with Crippen LogP contribution in [0.1, 0.15) is 15.4 Å². The number of hydrogen-bond acceptors (Lipinski definition) is 5. The average molecular weight is 273 g/mol. The fourth-order valence-corrected chi connectivity index (χ4v) is 2.40. The number of nitrogens with zero attached hydrogens (tertiary/aromatic N) is 1. The third-order valence-corrected chi connectivity index (χ3v) is 3.43. The van der Waals surface area contributed by atoms with Crippen molar-refractivity contribution in [1.82, 2.24) is 4.98 Å². The minimum Gasteiger partial charge on any atom is -0.451 e. The van der Waals surface area contributed by atoms with Crippen LogP contribution in [0.3, 0.4) is 0 Å². The third kappa shape index (κ3) is 2.30. The molecule has 1 amide bonds. The zero-order valence-electron chi connectivity index (χ0n) is 10.1. The van der Waals surface area contributed by atoms with Crippen LogP contribution in [-0.2, 0) is 0 Å². The molecule has 0 saturated carbocycles. The maximum atomic E-state index is 12.0. The summed E-state index contributed by atoms with van der Waals surface area (Å²) in [6.07, 6.45) is 1.71. The van der Waals surface area contributed by atoms with Gasteiger partial charge in [0.05, 0.1) is 0 Å². The predicted octanol–water partition coefficient (Wildman–Crippen LogP) is 3.03. The maximum absolute atomic E-state index is 12.0. The molecule has 0 unspecified atom stereocenters. The van der Waals surface area contributed by atoms with Gasteiger partial charge in [-0.1, -0.05) is 0 Å². The second-order valence-corrected chi connectivity index (χ2v) is 5.37. The number of rotatable bonds is 2. The molecular formula is C13H11N3O2S. The second-order valence-electron chi connectivity index (χ2n) is 4.14. The van der Waals surface area contributed by atoms with Crippen molar-refractivity contribution in [2.75, 3.05) is 11.1 Å². The van der Waals surface area contributed by atoms with E-state index < -0.39 is 0 Å². The van der Waals surface area contributed by atoms with Gasteiger partial charge in [0.1, 0.15) is 5.58 Å². The fourth-order valence-electron chi connectivity index (χ4n) is 1.74. The highest BCUT2D eigenvalue weighted by atomic mass is 32.1. The van der Waals surface area contributed by atoms with Gasteiger partial charge < -0.3 is 10.2 Å². The predicted molar refractivity (Wildman–Crippen MR) is 75.4 cm³/mol. The highest BCUT2D eigenvalue weighted by Gasteiger charge is 2.13. The van der Waals surface area contributed by atoms with E-state index >= 15 is 0 Å². The van der Waals surface area contributed by atoms with E-state index in [9.17, 15) is 4.79 Å². The summed E-state index contributed by atoms with van der Waals surface area (Å²) < 4.78 is 5.47. The molecule has 3 aromatic rings. The number of nitrogen functional groups attached to an aromatic ring is 1. The van der Waals surface area contributed by atoms with Crippen LogP contribution in [0.2, 0.25) is 0 Å². The first-order valence-electron chi connectivity index (χ1n) is 5.65. The Hall–Kier alpha value is -2.34. The number of aromatic nitrogens is 1. The van der Waals surface area contributed by atoms with Crippen LogP contribution in [0.25, 0.3) is 11.0 Å². The lowest BCUT2D eigenvalue weighted by atomic mass is 10.2. The van der Waals surface area contributed by atoms with Crippen molar-refractivity contribution in [2.24, 2.45) is 0 Å². The van der Waals surface area contributed by atoms with Crippen molar-refractivity contribution >= 4 is 39.0 Å². The molecule has 3 N–H and O–H groups in total. The minimum absolute atomic E-state index is 0.244. The van der Waals surface area contributed by atoms with Crippen LogP contribution in [0.15, 0.2) is 34.9 Å². The summed E-state index contributed by atoms with van der Waals surface area (Å²) in [5, 5.41) is 4.06. The summed E-state index contributed by atoms with van der Waals surface area (Å²) in [5.74, 6) is -0.0717. The molecule has 0 radical (unpaired) electrons. The number of nitrogens with two attached hydrogens (primary N) is 1. The van der Waals surface area contributed by atoms with Gasteiger partial charge in [-0.2, -0.15) is 0 Å². The Labute approximate surface area is 113 Å². The molecule has 0 aliphatic heterocycles. The molecule has 0 spiro atoms. The third-order valence-electron chi connectivity index (χ3n) is 2.61. The van der Waals surface area contributed by atoms with Gasteiger partial charge in [0.15, 0.2) is 10.9 Å². The van der Waals surface area contributed by atoms with Crippen LogP contribution in [0, 0.1) is 6.92 Å². The summed E-state index contributed by atoms with van der Waals surface area (Å²) in [7, 11) is 0. The molecule has 0 aliphatic rings. The van der Waals surface area contributed by atoms with Crippen molar-refractivity contribution in [1.29, 1.82) is 0 Å². The highest BCUT2D eigenvalue weighted by Crippen LogP contribution is 2.23. The number of nitrogens with one attached hydrogen (secondary N) is 1. The Morgan fingerprint density at radius 2 is 2.26 bits per heavy atom. The van der Waals surface area contributed by atoms with Crippen molar-refractivity contribution in [2.45, 2.75) is 6.92 Å². The van der Waals surface area contributed by atoms with Gasteiger partial charge in [-0.25, -0.2) is 4.98 Å². The first kappa shape index (κ1) is 11.7. The Morgan fingerprint density at radius 3 is 3.00 bits per heavy atom. The lowest BCUT2D eigenvalue weighted by Gasteiger charge is -1.96. The van der Waals surface area contributed by atoms with E-state index in [1.54, 1.807) is 30.5 Å². The van der Waals surface area contributed by atoms with Gasteiger partial charge in [-0.05, 0) is 31.2 Å². The van der Waals surface area contributed by atoms with E-state index in [1.807, 2.05) is 6.92 Å². The lowest BCUT2D eigenvalue weighted by molar-refractivity contribution is 0.0998. The molecule has 0 fully saturated rings. The number of anilines is 2. The molecule has 0 bridgehead atoms. The first-order valence-corrected chi connectivity index (χ1v) is 6.46. The average Bonchev–Trinajstić information content (AvgIpc) is 2.95. The molecule has 0 atom stereocenters. The van der Waals surface area contributed by atoms with Crippen LogP contribution >= 0.6 is 11.3 Å². The zero-order valence-corrected chi connectivity index (χ0v) is 11.0. The summed E-state index contributed by atoms with van der Waals surface area (Å²) in [5.41, 5.74) is 6.95. The van der Waals surface area contributed by atoms with E-state index in [1.165, 1.54) is 11.3 Å². The van der Waals surface area contributed by atoms with Crippen molar-refractivity contribution in [3.63, 3.8) is 0 Å². The van der Waals surface area contributed by atoms with E-state index in [0.717, 1.165) is 10.3 Å². The number of thiazole rings is 1. The van der Waals surface area contributed by atoms with Gasteiger partial charge in [0.25, 0.3) is 5.91 Å². The van der Waals surface area contributed by atoms with Crippen LogP contribution in [-0.4, -0.2) is 10.9 Å². The number of carbonyl (C=O) groups excluding carboxylic acids is 1. The number of furan rings is 1. The van der Waals surface area contributed by atoms with E-state index in [4.69, 9.17) is 10.2 Å². The molecule has 6 heteroatoms. The summed E-state index contributed by atoms with van der Waals surface area (Å²) in [6, 6.07) is 6.91. The highest BCUT2D eigenvalue weighted by molar-refractivity contribution is 7.15. The second kappa shape index (κ2) is 4.40. The van der Waals surface area contributed by atoms with E-state index in [-0.39, 0.29) is 11.7 Å². The molecule has 96 valence electrons.